The number of carbonyl (C=O) groups excluding carboxylic acids is 1. The van der Waals surface area contributed by atoms with Crippen molar-refractivity contribution in [1.82, 2.24) is 19.7 Å². The molecule has 0 saturated carbocycles. The second kappa shape index (κ2) is 8.52. The fraction of sp³-hybridized carbons (Fsp3) is 0.250. The number of anilines is 1. The van der Waals surface area contributed by atoms with E-state index in [1.54, 1.807) is 23.7 Å². The van der Waals surface area contributed by atoms with Crippen molar-refractivity contribution in [2.24, 2.45) is 7.05 Å². The van der Waals surface area contributed by atoms with E-state index in [2.05, 4.69) is 20.5 Å². The van der Waals surface area contributed by atoms with E-state index in [0.29, 0.717) is 26.9 Å². The minimum atomic E-state index is -0.342. The van der Waals surface area contributed by atoms with Crippen LogP contribution in [-0.4, -0.2) is 31.4 Å². The number of rotatable bonds is 7. The lowest BCUT2D eigenvalue weighted by Gasteiger charge is -2.15. The first-order valence-corrected chi connectivity index (χ1v) is 9.91. The summed E-state index contributed by atoms with van der Waals surface area (Å²) >= 11 is 8.79. The van der Waals surface area contributed by atoms with E-state index in [0.717, 1.165) is 0 Å². The van der Waals surface area contributed by atoms with Crippen molar-refractivity contribution in [2.75, 3.05) is 11.1 Å². The highest BCUT2D eigenvalue weighted by Crippen LogP contribution is 2.29. The summed E-state index contributed by atoms with van der Waals surface area (Å²) in [4.78, 5) is 16.0. The van der Waals surface area contributed by atoms with Gasteiger partial charge in [-0.1, -0.05) is 35.5 Å². The maximum absolute atomic E-state index is 12.0. The van der Waals surface area contributed by atoms with Crippen LogP contribution in [0.15, 0.2) is 41.0 Å². The topological polar surface area (TPSA) is 81.9 Å². The third-order valence-electron chi connectivity index (χ3n) is 3.38. The van der Waals surface area contributed by atoms with Crippen LogP contribution < -0.4 is 10.1 Å². The molecule has 26 heavy (non-hydrogen) atoms. The highest BCUT2D eigenvalue weighted by atomic mass is 35.5. The third kappa shape index (κ3) is 4.54. The van der Waals surface area contributed by atoms with E-state index >= 15 is 0 Å². The second-order valence-corrected chi connectivity index (χ2v) is 7.51. The molecule has 1 atom stereocenters. The fourth-order valence-corrected chi connectivity index (χ4v) is 3.60. The number of thiazole rings is 1. The molecule has 3 rings (SSSR count). The average molecular weight is 410 g/mol. The molecule has 0 bridgehead atoms. The van der Waals surface area contributed by atoms with Gasteiger partial charge in [0.05, 0.1) is 10.8 Å². The van der Waals surface area contributed by atoms with Crippen LogP contribution >= 0.6 is 34.7 Å². The van der Waals surface area contributed by atoms with Crippen molar-refractivity contribution in [3.05, 3.63) is 46.7 Å². The predicted molar refractivity (Wildman–Crippen MR) is 103 cm³/mol. The van der Waals surface area contributed by atoms with Crippen LogP contribution in [0.2, 0.25) is 5.02 Å². The number of para-hydroxylation sites is 1. The third-order valence-corrected chi connectivity index (χ3v) is 5.40. The molecule has 0 radical (unpaired) electrons. The van der Waals surface area contributed by atoms with Gasteiger partial charge in [-0.25, -0.2) is 4.98 Å². The summed E-state index contributed by atoms with van der Waals surface area (Å²) in [5.41, 5.74) is 0. The lowest BCUT2D eigenvalue weighted by Crippen LogP contribution is -2.14. The van der Waals surface area contributed by atoms with Crippen LogP contribution in [0.25, 0.3) is 0 Å². The van der Waals surface area contributed by atoms with Crippen LogP contribution in [0.5, 0.6) is 5.75 Å². The zero-order valence-electron chi connectivity index (χ0n) is 14.0. The fourth-order valence-electron chi connectivity index (χ4n) is 2.16. The largest absolute Gasteiger partial charge is 0.481 e. The van der Waals surface area contributed by atoms with E-state index in [4.69, 9.17) is 16.3 Å². The highest BCUT2D eigenvalue weighted by molar-refractivity contribution is 7.99. The van der Waals surface area contributed by atoms with Crippen molar-refractivity contribution in [1.29, 1.82) is 0 Å². The first-order chi connectivity index (χ1) is 12.5. The molecular formula is C16H16ClN5O2S2. The molecule has 136 valence electrons. The van der Waals surface area contributed by atoms with Gasteiger partial charge in [-0.05, 0) is 19.1 Å². The summed E-state index contributed by atoms with van der Waals surface area (Å²) < 4.78 is 7.68. The van der Waals surface area contributed by atoms with E-state index in [1.807, 2.05) is 30.7 Å². The number of halogens is 1. The van der Waals surface area contributed by atoms with Gasteiger partial charge < -0.3 is 14.6 Å². The molecule has 10 heteroatoms. The number of amides is 1. The standard InChI is InChI=1S/C16H16ClN5O2S2/c1-10(24-12-6-4-3-5-11(12)17)14-20-21-16(22(14)2)26-9-13(23)19-15-18-7-8-25-15/h3-8,10H,9H2,1-2H3,(H,18,19,23)/t10-/m0/s1. The predicted octanol–water partition coefficient (Wildman–Crippen LogP) is 3.80. The van der Waals surface area contributed by atoms with Crippen molar-refractivity contribution in [3.8, 4) is 5.75 Å². The summed E-state index contributed by atoms with van der Waals surface area (Å²) in [6, 6.07) is 7.26. The van der Waals surface area contributed by atoms with Gasteiger partial charge in [0.15, 0.2) is 22.2 Å². The quantitative estimate of drug-likeness (QED) is 0.598. The molecule has 0 spiro atoms. The summed E-state index contributed by atoms with van der Waals surface area (Å²) in [7, 11) is 1.84. The molecule has 0 unspecified atom stereocenters. The molecule has 0 aliphatic carbocycles. The number of aromatic nitrogens is 4. The van der Waals surface area contributed by atoms with Crippen LogP contribution in [0.4, 0.5) is 5.13 Å². The molecule has 0 saturated heterocycles. The number of carbonyl (C=O) groups is 1. The van der Waals surface area contributed by atoms with Crippen LogP contribution in [-0.2, 0) is 11.8 Å². The molecule has 7 nitrogen and oxygen atoms in total. The SMILES string of the molecule is C[C@H](Oc1ccccc1Cl)c1nnc(SCC(=O)Nc2nccs2)n1C. The molecule has 1 amide bonds. The number of ether oxygens (including phenoxy) is 1. The summed E-state index contributed by atoms with van der Waals surface area (Å²) in [5.74, 6) is 1.30. The van der Waals surface area contributed by atoms with Crippen molar-refractivity contribution in [2.45, 2.75) is 18.2 Å². The Bertz CT molecular complexity index is 885. The minimum Gasteiger partial charge on any atom is -0.481 e. The lowest BCUT2D eigenvalue weighted by molar-refractivity contribution is -0.113. The first kappa shape index (κ1) is 18.7. The van der Waals surface area contributed by atoms with Gasteiger partial charge in [-0.2, -0.15) is 0 Å². The van der Waals surface area contributed by atoms with Gasteiger partial charge in [0.1, 0.15) is 5.75 Å². The molecule has 2 heterocycles. The summed E-state index contributed by atoms with van der Waals surface area (Å²) in [6.07, 6.45) is 1.30. The normalized spacial score (nSPS) is 12.0. The van der Waals surface area contributed by atoms with E-state index in [-0.39, 0.29) is 17.8 Å². The number of hydrogen-bond acceptors (Lipinski definition) is 7. The van der Waals surface area contributed by atoms with Gasteiger partial charge in [0.2, 0.25) is 5.91 Å². The van der Waals surface area contributed by atoms with Crippen LogP contribution in [0.3, 0.4) is 0 Å². The minimum absolute atomic E-state index is 0.144. The summed E-state index contributed by atoms with van der Waals surface area (Å²) in [6.45, 7) is 1.87. The Morgan fingerprint density at radius 2 is 2.23 bits per heavy atom. The molecule has 1 N–H and O–H groups in total. The Balaban J connectivity index is 1.60. The first-order valence-electron chi connectivity index (χ1n) is 7.67. The highest BCUT2D eigenvalue weighted by Gasteiger charge is 2.19. The Kier molecular flexibility index (Phi) is 6.12. The zero-order chi connectivity index (χ0) is 18.5. The molecule has 0 aliphatic heterocycles. The molecular weight excluding hydrogens is 394 g/mol. The molecule has 0 aliphatic rings. The molecule has 3 aromatic rings. The Morgan fingerprint density at radius 3 is 2.96 bits per heavy atom. The number of thioether (sulfide) groups is 1. The van der Waals surface area contributed by atoms with E-state index < -0.39 is 0 Å². The number of benzene rings is 1. The smallest absolute Gasteiger partial charge is 0.236 e. The van der Waals surface area contributed by atoms with Gasteiger partial charge in [0, 0.05) is 18.6 Å². The van der Waals surface area contributed by atoms with Crippen LogP contribution in [0.1, 0.15) is 18.9 Å². The summed E-state index contributed by atoms with van der Waals surface area (Å²) in [5, 5.41) is 14.6. The van der Waals surface area contributed by atoms with Crippen LogP contribution in [0, 0.1) is 0 Å². The van der Waals surface area contributed by atoms with Crippen molar-refractivity contribution < 1.29 is 9.53 Å². The monoisotopic (exact) mass is 409 g/mol. The van der Waals surface area contributed by atoms with E-state index in [1.165, 1.54) is 23.1 Å². The Hall–Kier alpha value is -2.10. The van der Waals surface area contributed by atoms with Crippen molar-refractivity contribution in [3.63, 3.8) is 0 Å². The van der Waals surface area contributed by atoms with Crippen molar-refractivity contribution >= 4 is 45.7 Å². The molecule has 0 fully saturated rings. The maximum Gasteiger partial charge on any atom is 0.236 e. The number of nitrogens with zero attached hydrogens (tertiary/aromatic N) is 4. The van der Waals surface area contributed by atoms with Gasteiger partial charge in [-0.3, -0.25) is 4.79 Å². The zero-order valence-corrected chi connectivity index (χ0v) is 16.4. The Labute approximate surface area is 163 Å². The van der Waals surface area contributed by atoms with Gasteiger partial charge in [0.25, 0.3) is 0 Å². The van der Waals surface area contributed by atoms with Gasteiger partial charge in [-0.15, -0.1) is 21.5 Å². The van der Waals surface area contributed by atoms with Gasteiger partial charge >= 0.3 is 0 Å². The van der Waals surface area contributed by atoms with E-state index in [9.17, 15) is 4.79 Å². The Morgan fingerprint density at radius 1 is 1.42 bits per heavy atom. The molecule has 2 aromatic heterocycles. The maximum atomic E-state index is 12.0. The number of nitrogens with one attached hydrogen (secondary N) is 1. The average Bonchev–Trinajstić information content (AvgIpc) is 3.25. The second-order valence-electron chi connectivity index (χ2n) is 5.26. The lowest BCUT2D eigenvalue weighted by atomic mass is 10.3. The number of hydrogen-bond donors (Lipinski definition) is 1. The molecule has 1 aromatic carbocycles.